The molecule has 104 valence electrons. The molecule has 0 bridgehead atoms. The Bertz CT molecular complexity index is 743. The minimum Gasteiger partial charge on any atom is -0.458 e. The van der Waals surface area contributed by atoms with Gasteiger partial charge in [0.15, 0.2) is 5.78 Å². The summed E-state index contributed by atoms with van der Waals surface area (Å²) in [5, 5.41) is 9.27. The van der Waals surface area contributed by atoms with Crippen molar-refractivity contribution in [1.29, 1.82) is 0 Å². The Morgan fingerprint density at radius 3 is 2.19 bits per heavy atom. The van der Waals surface area contributed by atoms with Crippen molar-refractivity contribution in [3.05, 3.63) is 83.6 Å². The zero-order valence-corrected chi connectivity index (χ0v) is 11.3. The molecule has 21 heavy (non-hydrogen) atoms. The Balaban J connectivity index is 2.10. The molecule has 3 nitrogen and oxygen atoms in total. The monoisotopic (exact) mass is 278 g/mol. The fraction of sp³-hybridized carbons (Fsp3) is 0.0556. The maximum atomic E-state index is 12.6. The molecule has 1 aromatic heterocycles. The molecule has 3 rings (SSSR count). The van der Waals surface area contributed by atoms with E-state index in [1.807, 2.05) is 48.5 Å². The number of benzene rings is 2. The first-order chi connectivity index (χ1) is 10.3. The third kappa shape index (κ3) is 2.64. The number of aliphatic hydroxyl groups is 1. The second-order valence-corrected chi connectivity index (χ2v) is 4.67. The van der Waals surface area contributed by atoms with Crippen LogP contribution in [0.15, 0.2) is 71.1 Å². The van der Waals surface area contributed by atoms with Gasteiger partial charge in [-0.15, -0.1) is 0 Å². The van der Waals surface area contributed by atoms with Gasteiger partial charge in [0.2, 0.25) is 0 Å². The Labute approximate surface area is 122 Å². The van der Waals surface area contributed by atoms with Gasteiger partial charge < -0.3 is 9.52 Å². The van der Waals surface area contributed by atoms with Crippen LogP contribution in [-0.2, 0) is 6.61 Å². The maximum Gasteiger partial charge on any atom is 0.196 e. The number of furan rings is 1. The predicted octanol–water partition coefficient (Wildman–Crippen LogP) is 3.67. The van der Waals surface area contributed by atoms with Gasteiger partial charge in [-0.3, -0.25) is 4.79 Å². The van der Waals surface area contributed by atoms with Gasteiger partial charge in [0.1, 0.15) is 18.1 Å². The Hall–Kier alpha value is -2.65. The maximum absolute atomic E-state index is 12.6. The van der Waals surface area contributed by atoms with Crippen LogP contribution in [0.5, 0.6) is 0 Å². The van der Waals surface area contributed by atoms with Crippen LogP contribution in [0.4, 0.5) is 0 Å². The molecule has 0 aliphatic rings. The lowest BCUT2D eigenvalue weighted by Crippen LogP contribution is -2.01. The number of hydrogen-bond donors (Lipinski definition) is 1. The van der Waals surface area contributed by atoms with Gasteiger partial charge in [0, 0.05) is 11.1 Å². The lowest BCUT2D eigenvalue weighted by Gasteiger charge is -2.02. The molecule has 0 amide bonds. The van der Waals surface area contributed by atoms with Crippen LogP contribution in [0.3, 0.4) is 0 Å². The van der Waals surface area contributed by atoms with Crippen LogP contribution in [0.1, 0.15) is 21.7 Å². The van der Waals surface area contributed by atoms with E-state index < -0.39 is 0 Å². The highest BCUT2D eigenvalue weighted by atomic mass is 16.4. The molecule has 0 spiro atoms. The topological polar surface area (TPSA) is 50.4 Å². The quantitative estimate of drug-likeness (QED) is 0.741. The second-order valence-electron chi connectivity index (χ2n) is 4.67. The van der Waals surface area contributed by atoms with Gasteiger partial charge in [0.05, 0.1) is 5.56 Å². The fourth-order valence-corrected chi connectivity index (χ4v) is 2.24. The zero-order valence-electron chi connectivity index (χ0n) is 11.3. The van der Waals surface area contributed by atoms with E-state index in [9.17, 15) is 9.90 Å². The fourth-order valence-electron chi connectivity index (χ4n) is 2.24. The molecular weight excluding hydrogens is 264 g/mol. The van der Waals surface area contributed by atoms with E-state index in [-0.39, 0.29) is 12.4 Å². The molecule has 0 aliphatic heterocycles. The van der Waals surface area contributed by atoms with E-state index >= 15 is 0 Å². The lowest BCUT2D eigenvalue weighted by atomic mass is 10.0. The molecule has 0 radical (unpaired) electrons. The van der Waals surface area contributed by atoms with E-state index in [1.54, 1.807) is 18.2 Å². The number of carbonyl (C=O) groups is 1. The van der Waals surface area contributed by atoms with E-state index in [4.69, 9.17) is 4.42 Å². The van der Waals surface area contributed by atoms with Gasteiger partial charge in [-0.05, 0) is 6.07 Å². The van der Waals surface area contributed by atoms with Crippen molar-refractivity contribution in [2.75, 3.05) is 0 Å². The zero-order chi connectivity index (χ0) is 14.7. The SMILES string of the molecule is O=C(c1ccccc1)c1cc(CO)oc1-c1ccccc1. The average molecular weight is 278 g/mol. The molecule has 0 saturated heterocycles. The van der Waals surface area contributed by atoms with Crippen molar-refractivity contribution >= 4 is 5.78 Å². The third-order valence-electron chi connectivity index (χ3n) is 3.26. The molecule has 0 fully saturated rings. The van der Waals surface area contributed by atoms with Crippen LogP contribution in [0, 0.1) is 0 Å². The highest BCUT2D eigenvalue weighted by Gasteiger charge is 2.20. The van der Waals surface area contributed by atoms with E-state index in [0.717, 1.165) is 5.56 Å². The van der Waals surface area contributed by atoms with Gasteiger partial charge in [-0.1, -0.05) is 60.7 Å². The summed E-state index contributed by atoms with van der Waals surface area (Å²) in [4.78, 5) is 12.6. The Morgan fingerprint density at radius 1 is 0.952 bits per heavy atom. The van der Waals surface area contributed by atoms with Gasteiger partial charge in [0.25, 0.3) is 0 Å². The molecule has 0 atom stereocenters. The summed E-state index contributed by atoms with van der Waals surface area (Å²) < 4.78 is 5.62. The molecule has 0 saturated carbocycles. The summed E-state index contributed by atoms with van der Waals surface area (Å²) in [6, 6.07) is 20.1. The van der Waals surface area contributed by atoms with Crippen LogP contribution in [0.25, 0.3) is 11.3 Å². The second kappa shape index (κ2) is 5.77. The third-order valence-corrected chi connectivity index (χ3v) is 3.26. The van der Waals surface area contributed by atoms with E-state index in [2.05, 4.69) is 0 Å². The summed E-state index contributed by atoms with van der Waals surface area (Å²) >= 11 is 0. The highest BCUT2D eigenvalue weighted by Crippen LogP contribution is 2.29. The largest absolute Gasteiger partial charge is 0.458 e. The molecule has 0 aliphatic carbocycles. The minimum absolute atomic E-state index is 0.113. The van der Waals surface area contributed by atoms with Gasteiger partial charge in [-0.25, -0.2) is 0 Å². The smallest absolute Gasteiger partial charge is 0.196 e. The van der Waals surface area contributed by atoms with E-state index in [0.29, 0.717) is 22.6 Å². The van der Waals surface area contributed by atoms with Gasteiger partial charge in [-0.2, -0.15) is 0 Å². The van der Waals surface area contributed by atoms with Crippen LogP contribution in [-0.4, -0.2) is 10.9 Å². The van der Waals surface area contributed by atoms with Crippen molar-refractivity contribution < 1.29 is 14.3 Å². The predicted molar refractivity (Wildman–Crippen MR) is 79.9 cm³/mol. The lowest BCUT2D eigenvalue weighted by molar-refractivity contribution is 0.103. The van der Waals surface area contributed by atoms with E-state index in [1.165, 1.54) is 0 Å². The molecule has 3 aromatic rings. The summed E-state index contributed by atoms with van der Waals surface area (Å²) in [6.07, 6.45) is 0. The molecule has 1 N–H and O–H groups in total. The molecule has 1 heterocycles. The summed E-state index contributed by atoms with van der Waals surface area (Å²) in [5.74, 6) is 0.763. The van der Waals surface area contributed by atoms with Crippen LogP contribution < -0.4 is 0 Å². The number of ketones is 1. The Morgan fingerprint density at radius 2 is 1.57 bits per heavy atom. The summed E-state index contributed by atoms with van der Waals surface area (Å²) in [6.45, 7) is -0.234. The van der Waals surface area contributed by atoms with Crippen molar-refractivity contribution in [1.82, 2.24) is 0 Å². The normalized spacial score (nSPS) is 10.5. The van der Waals surface area contributed by atoms with Crippen molar-refractivity contribution in [2.24, 2.45) is 0 Å². The first-order valence-corrected chi connectivity index (χ1v) is 6.68. The van der Waals surface area contributed by atoms with Crippen molar-refractivity contribution in [3.8, 4) is 11.3 Å². The summed E-state index contributed by atoms with van der Waals surface area (Å²) in [5.41, 5.74) is 1.88. The molecule has 2 aromatic carbocycles. The van der Waals surface area contributed by atoms with Crippen molar-refractivity contribution in [2.45, 2.75) is 6.61 Å². The van der Waals surface area contributed by atoms with Crippen LogP contribution in [0.2, 0.25) is 0 Å². The average Bonchev–Trinajstić information content (AvgIpc) is 3.00. The first kappa shape index (κ1) is 13.3. The standard InChI is InChI=1S/C18H14O3/c19-12-15-11-16(17(20)13-7-3-1-4-8-13)18(21-15)14-9-5-2-6-10-14/h1-11,19H,12H2. The number of hydrogen-bond acceptors (Lipinski definition) is 3. The van der Waals surface area contributed by atoms with Crippen molar-refractivity contribution in [3.63, 3.8) is 0 Å². The number of carbonyl (C=O) groups excluding carboxylic acids is 1. The number of rotatable bonds is 4. The minimum atomic E-state index is -0.234. The Kier molecular flexibility index (Phi) is 3.67. The highest BCUT2D eigenvalue weighted by molar-refractivity contribution is 6.12. The molecule has 0 unspecified atom stereocenters. The first-order valence-electron chi connectivity index (χ1n) is 6.68. The van der Waals surface area contributed by atoms with Gasteiger partial charge >= 0.3 is 0 Å². The molecular formula is C18H14O3. The number of aliphatic hydroxyl groups excluding tert-OH is 1. The molecule has 3 heteroatoms. The summed E-state index contributed by atoms with van der Waals surface area (Å²) in [7, 11) is 0. The van der Waals surface area contributed by atoms with Crippen LogP contribution >= 0.6 is 0 Å².